The fraction of sp³-hybridized carbons (Fsp3) is 0.353. The van der Waals surface area contributed by atoms with E-state index < -0.39 is 5.60 Å². The number of aliphatic hydroxyl groups is 1. The summed E-state index contributed by atoms with van der Waals surface area (Å²) in [6, 6.07) is 12.0. The van der Waals surface area contributed by atoms with Gasteiger partial charge >= 0.3 is 0 Å². The molecule has 0 fully saturated rings. The molecule has 0 amide bonds. The maximum atomic E-state index is 11.2. The molecule has 1 aliphatic rings. The summed E-state index contributed by atoms with van der Waals surface area (Å²) in [6.45, 7) is 0. The van der Waals surface area contributed by atoms with E-state index in [1.807, 2.05) is 18.2 Å². The van der Waals surface area contributed by atoms with Crippen molar-refractivity contribution in [3.8, 4) is 0 Å². The summed E-state index contributed by atoms with van der Waals surface area (Å²) in [5.74, 6) is 0.507. The Balaban J connectivity index is 1.98. The molecule has 3 nitrogen and oxygen atoms in total. The number of aryl methyl sites for hydroxylation is 1. The minimum absolute atomic E-state index is 0.507. The van der Waals surface area contributed by atoms with Crippen molar-refractivity contribution in [1.29, 1.82) is 0 Å². The van der Waals surface area contributed by atoms with Crippen LogP contribution in [0.3, 0.4) is 0 Å². The van der Waals surface area contributed by atoms with Gasteiger partial charge in [0, 0.05) is 12.6 Å². The van der Waals surface area contributed by atoms with Gasteiger partial charge in [0.1, 0.15) is 5.82 Å². The zero-order valence-corrected chi connectivity index (χ0v) is 11.5. The van der Waals surface area contributed by atoms with Gasteiger partial charge in [0.2, 0.25) is 0 Å². The van der Waals surface area contributed by atoms with Crippen LogP contribution in [0.1, 0.15) is 36.0 Å². The van der Waals surface area contributed by atoms with Gasteiger partial charge in [-0.25, -0.2) is 4.98 Å². The predicted molar refractivity (Wildman–Crippen MR) is 80.2 cm³/mol. The molecule has 0 radical (unpaired) electrons. The minimum Gasteiger partial charge on any atom is -0.385 e. The first-order valence-electron chi connectivity index (χ1n) is 7.19. The zero-order chi connectivity index (χ0) is 14.0. The highest BCUT2D eigenvalue weighted by Crippen LogP contribution is 2.36. The van der Waals surface area contributed by atoms with Crippen molar-refractivity contribution in [2.24, 2.45) is 0 Å². The Kier molecular flexibility index (Phi) is 3.45. The molecule has 3 N–H and O–H groups in total. The lowest BCUT2D eigenvalue weighted by molar-refractivity contribution is 0.0272. The van der Waals surface area contributed by atoms with Crippen LogP contribution in [0.5, 0.6) is 0 Å². The summed E-state index contributed by atoms with van der Waals surface area (Å²) >= 11 is 0. The van der Waals surface area contributed by atoms with Crippen LogP contribution in [0.15, 0.2) is 42.6 Å². The topological polar surface area (TPSA) is 59.1 Å². The highest BCUT2D eigenvalue weighted by atomic mass is 16.3. The summed E-state index contributed by atoms with van der Waals surface area (Å²) in [6.07, 6.45) is 6.33. The van der Waals surface area contributed by atoms with Crippen LogP contribution in [0.25, 0.3) is 0 Å². The summed E-state index contributed by atoms with van der Waals surface area (Å²) in [4.78, 5) is 4.01. The molecule has 1 aromatic carbocycles. The predicted octanol–water partition coefficient (Wildman–Crippen LogP) is 2.82. The Morgan fingerprint density at radius 2 is 2.05 bits per heavy atom. The number of rotatable bonds is 2. The van der Waals surface area contributed by atoms with Crippen molar-refractivity contribution in [1.82, 2.24) is 4.98 Å². The summed E-state index contributed by atoms with van der Waals surface area (Å²) in [5.41, 5.74) is 8.34. The van der Waals surface area contributed by atoms with Crippen LogP contribution >= 0.6 is 0 Å². The van der Waals surface area contributed by atoms with E-state index in [0.717, 1.165) is 36.8 Å². The third-order valence-electron chi connectivity index (χ3n) is 4.15. The van der Waals surface area contributed by atoms with Gasteiger partial charge in [-0.2, -0.15) is 0 Å². The molecule has 1 unspecified atom stereocenters. The van der Waals surface area contributed by atoms with Crippen molar-refractivity contribution >= 4 is 5.82 Å². The quantitative estimate of drug-likeness (QED) is 0.823. The number of pyridine rings is 1. The summed E-state index contributed by atoms with van der Waals surface area (Å²) in [5, 5.41) is 11.2. The van der Waals surface area contributed by atoms with Gasteiger partial charge in [-0.15, -0.1) is 0 Å². The third-order valence-corrected chi connectivity index (χ3v) is 4.15. The molecule has 3 rings (SSSR count). The largest absolute Gasteiger partial charge is 0.385 e. The first-order valence-corrected chi connectivity index (χ1v) is 7.19. The molecular weight excluding hydrogens is 248 g/mol. The maximum Gasteiger partial charge on any atom is 0.123 e. The second-order valence-electron chi connectivity index (χ2n) is 5.66. The normalized spacial score (nSPS) is 22.1. The van der Waals surface area contributed by atoms with E-state index in [2.05, 4.69) is 23.2 Å². The standard InChI is InChI=1S/C17H20N2O/c18-16-11-13(8-10-19-16)12-17(20)9-4-3-6-14-5-1-2-7-15(14)17/h1-2,5,7-8,10-11,20H,3-4,6,9,12H2,(H2,18,19). The van der Waals surface area contributed by atoms with Gasteiger partial charge in [-0.05, 0) is 54.5 Å². The van der Waals surface area contributed by atoms with Gasteiger partial charge in [-0.1, -0.05) is 24.3 Å². The van der Waals surface area contributed by atoms with E-state index in [-0.39, 0.29) is 0 Å². The first kappa shape index (κ1) is 13.1. The minimum atomic E-state index is -0.791. The lowest BCUT2D eigenvalue weighted by atomic mass is 9.83. The number of aromatic nitrogens is 1. The molecule has 3 heteroatoms. The van der Waals surface area contributed by atoms with Crippen molar-refractivity contribution < 1.29 is 5.11 Å². The van der Waals surface area contributed by atoms with Crippen molar-refractivity contribution in [3.63, 3.8) is 0 Å². The molecule has 1 aromatic heterocycles. The molecule has 0 spiro atoms. The van der Waals surface area contributed by atoms with Crippen molar-refractivity contribution in [2.75, 3.05) is 5.73 Å². The Morgan fingerprint density at radius 3 is 2.90 bits per heavy atom. The maximum absolute atomic E-state index is 11.2. The van der Waals surface area contributed by atoms with E-state index in [1.54, 1.807) is 6.20 Å². The van der Waals surface area contributed by atoms with Crippen molar-refractivity contribution in [3.05, 3.63) is 59.3 Å². The lowest BCUT2D eigenvalue weighted by Gasteiger charge is -2.29. The number of hydrogen-bond donors (Lipinski definition) is 2. The van der Waals surface area contributed by atoms with Crippen LogP contribution in [-0.4, -0.2) is 10.1 Å². The Hall–Kier alpha value is -1.87. The Labute approximate surface area is 119 Å². The van der Waals surface area contributed by atoms with Gasteiger partial charge in [-0.3, -0.25) is 0 Å². The van der Waals surface area contributed by atoms with E-state index in [4.69, 9.17) is 5.73 Å². The lowest BCUT2D eigenvalue weighted by Crippen LogP contribution is -2.29. The Bertz CT molecular complexity index is 611. The average Bonchev–Trinajstić information content (AvgIpc) is 2.59. The number of anilines is 1. The van der Waals surface area contributed by atoms with Crippen LogP contribution in [-0.2, 0) is 18.4 Å². The number of fused-ring (bicyclic) bond motifs is 1. The monoisotopic (exact) mass is 268 g/mol. The van der Waals surface area contributed by atoms with Crippen molar-refractivity contribution in [2.45, 2.75) is 37.7 Å². The summed E-state index contributed by atoms with van der Waals surface area (Å²) in [7, 11) is 0. The van der Waals surface area contributed by atoms with E-state index in [9.17, 15) is 5.11 Å². The molecule has 1 heterocycles. The van der Waals surface area contributed by atoms with E-state index >= 15 is 0 Å². The van der Waals surface area contributed by atoms with Crippen LogP contribution in [0, 0.1) is 0 Å². The molecule has 1 aliphatic carbocycles. The number of nitrogens with zero attached hydrogens (tertiary/aromatic N) is 1. The molecule has 0 bridgehead atoms. The van der Waals surface area contributed by atoms with Gasteiger partial charge in [0.25, 0.3) is 0 Å². The number of nitrogen functional groups attached to an aromatic ring is 1. The zero-order valence-electron chi connectivity index (χ0n) is 11.5. The second kappa shape index (κ2) is 5.25. The van der Waals surface area contributed by atoms with Crippen LogP contribution < -0.4 is 5.73 Å². The number of nitrogens with two attached hydrogens (primary N) is 1. The molecule has 20 heavy (non-hydrogen) atoms. The highest BCUT2D eigenvalue weighted by Gasteiger charge is 2.32. The van der Waals surface area contributed by atoms with Gasteiger partial charge < -0.3 is 10.8 Å². The molecule has 0 aliphatic heterocycles. The van der Waals surface area contributed by atoms with E-state index in [1.165, 1.54) is 5.56 Å². The smallest absolute Gasteiger partial charge is 0.123 e. The number of benzene rings is 1. The highest BCUT2D eigenvalue weighted by molar-refractivity contribution is 5.37. The first-order chi connectivity index (χ1) is 9.67. The van der Waals surface area contributed by atoms with Crippen LogP contribution in [0.4, 0.5) is 5.82 Å². The average molecular weight is 268 g/mol. The van der Waals surface area contributed by atoms with Gasteiger partial charge in [0.15, 0.2) is 0 Å². The molecule has 2 aromatic rings. The fourth-order valence-electron chi connectivity index (χ4n) is 3.19. The van der Waals surface area contributed by atoms with E-state index in [0.29, 0.717) is 12.2 Å². The van der Waals surface area contributed by atoms with Crippen LogP contribution in [0.2, 0.25) is 0 Å². The SMILES string of the molecule is Nc1cc(CC2(O)CCCCc3ccccc32)ccn1. The Morgan fingerprint density at radius 1 is 1.20 bits per heavy atom. The summed E-state index contributed by atoms with van der Waals surface area (Å²) < 4.78 is 0. The third kappa shape index (κ3) is 2.54. The molecule has 104 valence electrons. The van der Waals surface area contributed by atoms with Gasteiger partial charge in [0.05, 0.1) is 5.60 Å². The molecule has 1 atom stereocenters. The number of hydrogen-bond acceptors (Lipinski definition) is 3. The second-order valence-corrected chi connectivity index (χ2v) is 5.66. The fourth-order valence-corrected chi connectivity index (χ4v) is 3.19. The molecule has 0 saturated heterocycles. The molecule has 0 saturated carbocycles. The molecular formula is C17H20N2O.